The van der Waals surface area contributed by atoms with Gasteiger partial charge in [0.1, 0.15) is 18.1 Å². The molecule has 2 aromatic rings. The van der Waals surface area contributed by atoms with Crippen molar-refractivity contribution in [3.8, 4) is 22.8 Å². The highest BCUT2D eigenvalue weighted by Gasteiger charge is 2.38. The van der Waals surface area contributed by atoms with E-state index in [1.54, 1.807) is 0 Å². The first kappa shape index (κ1) is 25.0. The fourth-order valence-electron chi connectivity index (χ4n) is 5.08. The first-order valence-corrected chi connectivity index (χ1v) is 11.7. The Morgan fingerprint density at radius 1 is 1.14 bits per heavy atom. The number of benzene rings is 1. The van der Waals surface area contributed by atoms with Crippen LogP contribution < -0.4 is 9.64 Å². The van der Waals surface area contributed by atoms with E-state index >= 15 is 0 Å². The van der Waals surface area contributed by atoms with Crippen molar-refractivity contribution in [1.29, 1.82) is 0 Å². The number of aliphatic hydroxyl groups excluding tert-OH is 1. The second-order valence-electron chi connectivity index (χ2n) is 9.04. The van der Waals surface area contributed by atoms with E-state index in [0.29, 0.717) is 24.6 Å². The van der Waals surface area contributed by atoms with Crippen LogP contribution in [-0.2, 0) is 17.6 Å². The summed E-state index contributed by atoms with van der Waals surface area (Å²) < 4.78 is 37.7. The van der Waals surface area contributed by atoms with Gasteiger partial charge in [-0.1, -0.05) is 18.9 Å². The first-order chi connectivity index (χ1) is 16.6. The maximum absolute atomic E-state index is 10.8. The Kier molecular flexibility index (Phi) is 7.07. The van der Waals surface area contributed by atoms with Crippen LogP contribution in [0.1, 0.15) is 48.8 Å². The summed E-state index contributed by atoms with van der Waals surface area (Å²) >= 11 is 0. The van der Waals surface area contributed by atoms with Gasteiger partial charge in [-0.25, -0.2) is 4.79 Å². The minimum atomic E-state index is -5.08. The lowest BCUT2D eigenvalue weighted by atomic mass is 9.91. The van der Waals surface area contributed by atoms with E-state index in [-0.39, 0.29) is 12.1 Å². The normalized spacial score (nSPS) is 21.3. The molecule has 190 valence electrons. The standard InChI is InChI=1S/C22H27N3O3.C2HF3O2/c1-13-19(16-10-9-14-5-4-6-15(14)20(16)27)23-24-22-21(13)28-12-11-25(22)17-7-2-3-8-18(17)26;3-2(4,5)1(6)7/h9-10,17-18,26-27H,2-8,11-12H2,1H3;(H,6,7)/t17-,18-;/m1./s1. The van der Waals surface area contributed by atoms with Crippen molar-refractivity contribution in [3.63, 3.8) is 0 Å². The smallest absolute Gasteiger partial charge is 0.490 e. The number of phenols is 1. The van der Waals surface area contributed by atoms with Gasteiger partial charge in [-0.15, -0.1) is 10.2 Å². The Labute approximate surface area is 200 Å². The SMILES string of the molecule is Cc1c(-c2ccc3c(c2O)CCC3)nnc2c1OCCN2[C@@H]1CCCC[C@H]1O.O=C(O)C(F)(F)F. The zero-order valence-corrected chi connectivity index (χ0v) is 19.3. The second-order valence-corrected chi connectivity index (χ2v) is 9.04. The molecule has 0 spiro atoms. The number of anilines is 1. The molecule has 2 atom stereocenters. The lowest BCUT2D eigenvalue weighted by Crippen LogP contribution is -2.49. The van der Waals surface area contributed by atoms with Crippen molar-refractivity contribution in [2.45, 2.75) is 70.2 Å². The van der Waals surface area contributed by atoms with Crippen molar-refractivity contribution >= 4 is 11.8 Å². The van der Waals surface area contributed by atoms with Crippen molar-refractivity contribution in [3.05, 3.63) is 28.8 Å². The third-order valence-corrected chi connectivity index (χ3v) is 6.84. The number of nitrogens with zero attached hydrogens (tertiary/aromatic N) is 3. The number of phenolic OH excluding ortho intramolecular Hbond substituents is 1. The number of hydrogen-bond acceptors (Lipinski definition) is 7. The number of halogens is 3. The van der Waals surface area contributed by atoms with Gasteiger partial charge in [0.2, 0.25) is 0 Å². The van der Waals surface area contributed by atoms with Crippen molar-refractivity contribution < 1.29 is 38.0 Å². The van der Waals surface area contributed by atoms with E-state index in [1.807, 2.05) is 13.0 Å². The fraction of sp³-hybridized carbons (Fsp3) is 0.542. The van der Waals surface area contributed by atoms with Crippen LogP contribution in [0.25, 0.3) is 11.3 Å². The number of aliphatic carboxylic acids is 1. The summed E-state index contributed by atoms with van der Waals surface area (Å²) in [4.78, 5) is 11.1. The molecule has 2 heterocycles. The molecule has 0 amide bonds. The first-order valence-electron chi connectivity index (χ1n) is 11.7. The number of aliphatic hydroxyl groups is 1. The van der Waals surface area contributed by atoms with Crippen LogP contribution in [0, 0.1) is 6.92 Å². The molecule has 3 N–H and O–H groups in total. The van der Waals surface area contributed by atoms with Crippen molar-refractivity contribution in [1.82, 2.24) is 10.2 Å². The number of alkyl halides is 3. The maximum Gasteiger partial charge on any atom is 0.490 e. The number of carboxylic acid groups (broad SMARTS) is 1. The van der Waals surface area contributed by atoms with Crippen LogP contribution in [0.15, 0.2) is 12.1 Å². The van der Waals surface area contributed by atoms with E-state index in [1.165, 1.54) is 5.56 Å². The molecule has 0 saturated heterocycles. The van der Waals surface area contributed by atoms with E-state index in [2.05, 4.69) is 21.2 Å². The highest BCUT2D eigenvalue weighted by molar-refractivity contribution is 5.76. The van der Waals surface area contributed by atoms with E-state index < -0.39 is 12.1 Å². The van der Waals surface area contributed by atoms with E-state index in [4.69, 9.17) is 14.6 Å². The van der Waals surface area contributed by atoms with Gasteiger partial charge in [0.25, 0.3) is 0 Å². The van der Waals surface area contributed by atoms with Crippen molar-refractivity contribution in [2.24, 2.45) is 0 Å². The second kappa shape index (κ2) is 9.88. The predicted octanol–water partition coefficient (Wildman–Crippen LogP) is 3.78. The number of fused-ring (bicyclic) bond motifs is 2. The third-order valence-electron chi connectivity index (χ3n) is 6.84. The molecule has 35 heavy (non-hydrogen) atoms. The quantitative estimate of drug-likeness (QED) is 0.577. The van der Waals surface area contributed by atoms with Crippen LogP contribution >= 0.6 is 0 Å². The number of rotatable bonds is 2. The van der Waals surface area contributed by atoms with Gasteiger partial charge >= 0.3 is 12.1 Å². The van der Waals surface area contributed by atoms with Gasteiger partial charge in [0.05, 0.1) is 18.7 Å². The maximum atomic E-state index is 10.8. The monoisotopic (exact) mass is 495 g/mol. The summed E-state index contributed by atoms with van der Waals surface area (Å²) in [6, 6.07) is 4.13. The molecule has 1 aliphatic heterocycles. The van der Waals surface area contributed by atoms with Crippen LogP contribution in [0.5, 0.6) is 11.5 Å². The highest BCUT2D eigenvalue weighted by Crippen LogP contribution is 2.43. The fourth-order valence-corrected chi connectivity index (χ4v) is 5.08. The average molecular weight is 495 g/mol. The van der Waals surface area contributed by atoms with Gasteiger partial charge < -0.3 is 25.0 Å². The van der Waals surface area contributed by atoms with Gasteiger partial charge in [-0.2, -0.15) is 13.2 Å². The Bertz CT molecular complexity index is 1110. The number of carbonyl (C=O) groups is 1. The van der Waals surface area contributed by atoms with Gasteiger partial charge in [0.15, 0.2) is 11.6 Å². The molecule has 0 unspecified atom stereocenters. The van der Waals surface area contributed by atoms with E-state index in [0.717, 1.165) is 73.2 Å². The molecular formula is C24H28F3N3O5. The molecule has 2 aliphatic carbocycles. The molecule has 8 nitrogen and oxygen atoms in total. The van der Waals surface area contributed by atoms with Crippen LogP contribution in [0.4, 0.5) is 19.0 Å². The summed E-state index contributed by atoms with van der Waals surface area (Å²) in [6.45, 7) is 3.26. The predicted molar refractivity (Wildman–Crippen MR) is 121 cm³/mol. The average Bonchev–Trinajstić information content (AvgIpc) is 3.30. The van der Waals surface area contributed by atoms with E-state index in [9.17, 15) is 23.4 Å². The van der Waals surface area contributed by atoms with Gasteiger partial charge in [0, 0.05) is 11.1 Å². The molecular weight excluding hydrogens is 467 g/mol. The summed E-state index contributed by atoms with van der Waals surface area (Å²) in [5, 5.41) is 37.5. The number of aromatic nitrogens is 2. The molecule has 0 radical (unpaired) electrons. The Hall–Kier alpha value is -3.08. The molecule has 1 aromatic carbocycles. The molecule has 0 bridgehead atoms. The third kappa shape index (κ3) is 5.00. The summed E-state index contributed by atoms with van der Waals surface area (Å²) in [5.74, 6) is -0.969. The largest absolute Gasteiger partial charge is 0.507 e. The Morgan fingerprint density at radius 2 is 1.86 bits per heavy atom. The lowest BCUT2D eigenvalue weighted by molar-refractivity contribution is -0.192. The van der Waals surface area contributed by atoms with Gasteiger partial charge in [-0.3, -0.25) is 0 Å². The number of carboxylic acids is 1. The zero-order chi connectivity index (χ0) is 25.3. The lowest BCUT2D eigenvalue weighted by Gasteiger charge is -2.41. The topological polar surface area (TPSA) is 116 Å². The Morgan fingerprint density at radius 3 is 2.54 bits per heavy atom. The minimum absolute atomic E-state index is 0.0735. The summed E-state index contributed by atoms with van der Waals surface area (Å²) in [5.41, 5.74) is 4.58. The van der Waals surface area contributed by atoms with Crippen LogP contribution in [0.3, 0.4) is 0 Å². The number of aromatic hydroxyl groups is 1. The molecule has 1 fully saturated rings. The Balaban J connectivity index is 0.000000364. The highest BCUT2D eigenvalue weighted by atomic mass is 19.4. The molecule has 5 rings (SSSR count). The molecule has 11 heteroatoms. The number of ether oxygens (including phenoxy) is 1. The van der Waals surface area contributed by atoms with Crippen molar-refractivity contribution in [2.75, 3.05) is 18.1 Å². The number of aryl methyl sites for hydroxylation is 1. The minimum Gasteiger partial charge on any atom is -0.507 e. The summed E-state index contributed by atoms with van der Waals surface area (Å²) in [7, 11) is 0. The zero-order valence-electron chi connectivity index (χ0n) is 19.3. The van der Waals surface area contributed by atoms with Crippen LogP contribution in [0.2, 0.25) is 0 Å². The molecule has 1 aromatic heterocycles. The van der Waals surface area contributed by atoms with Crippen LogP contribution in [-0.4, -0.2) is 63.0 Å². The summed E-state index contributed by atoms with van der Waals surface area (Å²) in [6.07, 6.45) is 1.62. The number of hydrogen-bond donors (Lipinski definition) is 3. The van der Waals surface area contributed by atoms with Gasteiger partial charge in [-0.05, 0) is 56.2 Å². The molecule has 3 aliphatic rings. The molecule has 1 saturated carbocycles.